The lowest BCUT2D eigenvalue weighted by Crippen LogP contribution is -2.48. The standard InChI is InChI=1S/C15H21NO2/c1-10(2)11-6-15(7-11,8-16)12-3-4-13-14(5-12)18-9-17-13/h3-5,10-11H,6-9,16H2,1-2H3. The first kappa shape index (κ1) is 11.8. The third kappa shape index (κ3) is 1.69. The van der Waals surface area contributed by atoms with Gasteiger partial charge < -0.3 is 15.2 Å². The zero-order chi connectivity index (χ0) is 12.8. The monoisotopic (exact) mass is 247 g/mol. The largest absolute Gasteiger partial charge is 0.454 e. The molecule has 1 fully saturated rings. The highest BCUT2D eigenvalue weighted by Gasteiger charge is 2.45. The Hall–Kier alpha value is -1.22. The van der Waals surface area contributed by atoms with Gasteiger partial charge in [-0.2, -0.15) is 0 Å². The second-order valence-electron chi connectivity index (χ2n) is 5.96. The van der Waals surface area contributed by atoms with Gasteiger partial charge in [-0.15, -0.1) is 0 Å². The second kappa shape index (κ2) is 4.16. The van der Waals surface area contributed by atoms with E-state index in [-0.39, 0.29) is 5.41 Å². The van der Waals surface area contributed by atoms with Gasteiger partial charge in [0.2, 0.25) is 6.79 Å². The Bertz CT molecular complexity index is 450. The fraction of sp³-hybridized carbons (Fsp3) is 0.600. The van der Waals surface area contributed by atoms with E-state index >= 15 is 0 Å². The van der Waals surface area contributed by atoms with E-state index in [9.17, 15) is 0 Å². The fourth-order valence-electron chi connectivity index (χ4n) is 3.16. The molecule has 0 bridgehead atoms. The second-order valence-corrected chi connectivity index (χ2v) is 5.96. The summed E-state index contributed by atoms with van der Waals surface area (Å²) in [5, 5.41) is 0. The van der Waals surface area contributed by atoms with Crippen LogP contribution in [0.5, 0.6) is 11.5 Å². The summed E-state index contributed by atoms with van der Waals surface area (Å²) in [6.07, 6.45) is 2.39. The van der Waals surface area contributed by atoms with Crippen molar-refractivity contribution < 1.29 is 9.47 Å². The minimum Gasteiger partial charge on any atom is -0.454 e. The molecule has 0 spiro atoms. The smallest absolute Gasteiger partial charge is 0.231 e. The molecule has 0 amide bonds. The van der Waals surface area contributed by atoms with Crippen LogP contribution in [0.4, 0.5) is 0 Å². The lowest BCUT2D eigenvalue weighted by atomic mass is 9.56. The molecule has 1 aliphatic heterocycles. The fourth-order valence-corrected chi connectivity index (χ4v) is 3.16. The lowest BCUT2D eigenvalue weighted by Gasteiger charge is -2.49. The van der Waals surface area contributed by atoms with E-state index in [1.54, 1.807) is 0 Å². The normalized spacial score (nSPS) is 29.4. The summed E-state index contributed by atoms with van der Waals surface area (Å²) < 4.78 is 10.8. The van der Waals surface area contributed by atoms with Crippen LogP contribution in [0, 0.1) is 11.8 Å². The van der Waals surface area contributed by atoms with E-state index in [0.717, 1.165) is 29.9 Å². The Morgan fingerprint density at radius 2 is 2.00 bits per heavy atom. The Labute approximate surface area is 108 Å². The molecule has 1 aromatic carbocycles. The van der Waals surface area contributed by atoms with Crippen LogP contribution in [0.25, 0.3) is 0 Å². The summed E-state index contributed by atoms with van der Waals surface area (Å²) in [5.41, 5.74) is 7.51. The molecule has 0 saturated heterocycles. The predicted molar refractivity (Wildman–Crippen MR) is 70.9 cm³/mol. The summed E-state index contributed by atoms with van der Waals surface area (Å²) in [6, 6.07) is 6.28. The van der Waals surface area contributed by atoms with Gasteiger partial charge in [0.15, 0.2) is 11.5 Å². The Balaban J connectivity index is 1.85. The number of hydrogen-bond acceptors (Lipinski definition) is 3. The molecule has 1 aliphatic carbocycles. The quantitative estimate of drug-likeness (QED) is 0.893. The van der Waals surface area contributed by atoms with Crippen molar-refractivity contribution in [1.82, 2.24) is 0 Å². The Morgan fingerprint density at radius 1 is 1.28 bits per heavy atom. The van der Waals surface area contributed by atoms with Crippen LogP contribution in [0.1, 0.15) is 32.3 Å². The van der Waals surface area contributed by atoms with Crippen LogP contribution in [0.15, 0.2) is 18.2 Å². The summed E-state index contributed by atoms with van der Waals surface area (Å²) in [6.45, 7) is 5.65. The van der Waals surface area contributed by atoms with E-state index in [2.05, 4.69) is 26.0 Å². The average molecular weight is 247 g/mol. The predicted octanol–water partition coefficient (Wildman–Crippen LogP) is 2.68. The molecule has 98 valence electrons. The molecule has 0 unspecified atom stereocenters. The molecule has 3 heteroatoms. The molecule has 1 aromatic rings. The zero-order valence-corrected chi connectivity index (χ0v) is 11.1. The first-order valence-electron chi connectivity index (χ1n) is 6.75. The van der Waals surface area contributed by atoms with Crippen LogP contribution in [-0.2, 0) is 5.41 Å². The van der Waals surface area contributed by atoms with Crippen molar-refractivity contribution in [3.63, 3.8) is 0 Å². The van der Waals surface area contributed by atoms with Crippen LogP contribution >= 0.6 is 0 Å². The maximum atomic E-state index is 6.04. The van der Waals surface area contributed by atoms with Gasteiger partial charge in [-0.1, -0.05) is 19.9 Å². The van der Waals surface area contributed by atoms with Crippen molar-refractivity contribution in [1.29, 1.82) is 0 Å². The van der Waals surface area contributed by atoms with Crippen molar-refractivity contribution in [3.8, 4) is 11.5 Å². The van der Waals surface area contributed by atoms with Crippen molar-refractivity contribution in [3.05, 3.63) is 23.8 Å². The van der Waals surface area contributed by atoms with Crippen LogP contribution < -0.4 is 15.2 Å². The summed E-state index contributed by atoms with van der Waals surface area (Å²) in [7, 11) is 0. The number of hydrogen-bond donors (Lipinski definition) is 1. The Morgan fingerprint density at radius 3 is 2.67 bits per heavy atom. The van der Waals surface area contributed by atoms with Crippen molar-refractivity contribution in [2.24, 2.45) is 17.6 Å². The maximum absolute atomic E-state index is 6.04. The van der Waals surface area contributed by atoms with Gasteiger partial charge in [0.1, 0.15) is 0 Å². The molecule has 2 aliphatic rings. The van der Waals surface area contributed by atoms with Gasteiger partial charge in [0.25, 0.3) is 0 Å². The van der Waals surface area contributed by atoms with Crippen LogP contribution in [-0.4, -0.2) is 13.3 Å². The summed E-state index contributed by atoms with van der Waals surface area (Å²) >= 11 is 0. The molecule has 0 aromatic heterocycles. The molecule has 0 radical (unpaired) electrons. The van der Waals surface area contributed by atoms with Crippen molar-refractivity contribution in [2.45, 2.75) is 32.1 Å². The van der Waals surface area contributed by atoms with Gasteiger partial charge in [-0.3, -0.25) is 0 Å². The van der Waals surface area contributed by atoms with Crippen LogP contribution in [0.2, 0.25) is 0 Å². The molecule has 18 heavy (non-hydrogen) atoms. The number of fused-ring (bicyclic) bond motifs is 1. The molecular weight excluding hydrogens is 226 g/mol. The van der Waals surface area contributed by atoms with Gasteiger partial charge >= 0.3 is 0 Å². The molecule has 0 atom stereocenters. The highest BCUT2D eigenvalue weighted by atomic mass is 16.7. The zero-order valence-electron chi connectivity index (χ0n) is 11.1. The summed E-state index contributed by atoms with van der Waals surface area (Å²) in [4.78, 5) is 0. The molecule has 3 rings (SSSR count). The topological polar surface area (TPSA) is 44.5 Å². The third-order valence-electron chi connectivity index (χ3n) is 4.62. The van der Waals surface area contributed by atoms with E-state index < -0.39 is 0 Å². The third-order valence-corrected chi connectivity index (χ3v) is 4.62. The minimum atomic E-state index is 0.163. The average Bonchev–Trinajstić information content (AvgIpc) is 2.75. The number of rotatable bonds is 3. The van der Waals surface area contributed by atoms with Gasteiger partial charge in [-0.25, -0.2) is 0 Å². The Kier molecular flexibility index (Phi) is 2.74. The van der Waals surface area contributed by atoms with E-state index in [1.807, 2.05) is 6.07 Å². The first-order chi connectivity index (χ1) is 8.64. The van der Waals surface area contributed by atoms with Crippen molar-refractivity contribution >= 4 is 0 Å². The maximum Gasteiger partial charge on any atom is 0.231 e. The van der Waals surface area contributed by atoms with Gasteiger partial charge in [-0.05, 0) is 42.4 Å². The SMILES string of the molecule is CC(C)C1CC(CN)(c2ccc3c(c2)OCO3)C1. The molecular formula is C15H21NO2. The highest BCUT2D eigenvalue weighted by molar-refractivity contribution is 5.47. The van der Waals surface area contributed by atoms with E-state index in [1.165, 1.54) is 18.4 Å². The number of ether oxygens (including phenoxy) is 2. The van der Waals surface area contributed by atoms with E-state index in [4.69, 9.17) is 15.2 Å². The van der Waals surface area contributed by atoms with E-state index in [0.29, 0.717) is 6.79 Å². The molecule has 1 heterocycles. The number of nitrogens with two attached hydrogens (primary N) is 1. The molecule has 3 nitrogen and oxygen atoms in total. The molecule has 2 N–H and O–H groups in total. The number of benzene rings is 1. The van der Waals surface area contributed by atoms with Crippen LogP contribution in [0.3, 0.4) is 0 Å². The minimum absolute atomic E-state index is 0.163. The first-order valence-corrected chi connectivity index (χ1v) is 6.75. The lowest BCUT2D eigenvalue weighted by molar-refractivity contribution is 0.106. The summed E-state index contributed by atoms with van der Waals surface area (Å²) in [5.74, 6) is 3.27. The molecule has 1 saturated carbocycles. The highest BCUT2D eigenvalue weighted by Crippen LogP contribution is 2.51. The van der Waals surface area contributed by atoms with Gasteiger partial charge in [0, 0.05) is 12.0 Å². The van der Waals surface area contributed by atoms with Gasteiger partial charge in [0.05, 0.1) is 0 Å². The van der Waals surface area contributed by atoms with Crippen molar-refractivity contribution in [2.75, 3.05) is 13.3 Å².